The largest absolute Gasteiger partial charge is 0.492 e. The van der Waals surface area contributed by atoms with Crippen molar-refractivity contribution in [2.24, 2.45) is 5.73 Å². The maximum Gasteiger partial charge on any atom is 0.239 e. The minimum absolute atomic E-state index is 0.0703. The highest BCUT2D eigenvalue weighted by atomic mass is 16.5. The number of amides is 1. The molecule has 0 radical (unpaired) electrons. The number of hydrogen-bond donors (Lipinski definition) is 1. The number of ether oxygens (including phenoxy) is 1. The molecular weight excluding hydrogens is 228 g/mol. The lowest BCUT2D eigenvalue weighted by Crippen LogP contribution is -2.41. The van der Waals surface area contributed by atoms with Gasteiger partial charge in [-0.1, -0.05) is 6.07 Å². The maximum absolute atomic E-state index is 11.5. The van der Waals surface area contributed by atoms with Crippen LogP contribution in [-0.4, -0.2) is 37.0 Å². The average molecular weight is 250 g/mol. The summed E-state index contributed by atoms with van der Waals surface area (Å²) in [5.74, 6) is 0.771. The molecule has 2 N–H and O–H groups in total. The third-order valence-corrected chi connectivity index (χ3v) is 2.66. The van der Waals surface area contributed by atoms with Crippen LogP contribution in [0.15, 0.2) is 18.2 Å². The fourth-order valence-electron chi connectivity index (χ4n) is 1.77. The van der Waals surface area contributed by atoms with Crippen molar-refractivity contribution in [2.75, 3.05) is 20.2 Å². The van der Waals surface area contributed by atoms with Crippen LogP contribution in [0, 0.1) is 13.8 Å². The molecule has 0 aliphatic rings. The molecule has 1 atom stereocenters. The lowest BCUT2D eigenvalue weighted by Gasteiger charge is -2.19. The molecule has 0 aromatic heterocycles. The summed E-state index contributed by atoms with van der Waals surface area (Å²) in [6, 6.07) is 5.61. The predicted molar refractivity (Wildman–Crippen MR) is 72.7 cm³/mol. The molecule has 0 unspecified atom stereocenters. The first-order valence-corrected chi connectivity index (χ1v) is 6.12. The van der Waals surface area contributed by atoms with Gasteiger partial charge in [0, 0.05) is 7.05 Å². The molecule has 0 bridgehead atoms. The minimum Gasteiger partial charge on any atom is -0.492 e. The smallest absolute Gasteiger partial charge is 0.239 e. The van der Waals surface area contributed by atoms with Crippen molar-refractivity contribution in [3.05, 3.63) is 29.3 Å². The Morgan fingerprint density at radius 3 is 2.39 bits per heavy atom. The zero-order valence-corrected chi connectivity index (χ0v) is 11.6. The first-order valence-electron chi connectivity index (χ1n) is 6.12. The second-order valence-corrected chi connectivity index (χ2v) is 4.72. The van der Waals surface area contributed by atoms with Gasteiger partial charge in [-0.15, -0.1) is 0 Å². The number of carbonyl (C=O) groups is 1. The van der Waals surface area contributed by atoms with Gasteiger partial charge < -0.3 is 15.4 Å². The molecule has 100 valence electrons. The standard InChI is InChI=1S/C14H22N2O2/c1-10-7-11(2)9-13(8-10)18-6-5-16(4)14(17)12(3)15/h7-9,12H,5-6,15H2,1-4H3/t12-/m1/s1. The van der Waals surface area contributed by atoms with E-state index in [1.165, 1.54) is 11.1 Å². The van der Waals surface area contributed by atoms with Crippen molar-refractivity contribution in [1.82, 2.24) is 4.90 Å². The zero-order valence-electron chi connectivity index (χ0n) is 11.6. The van der Waals surface area contributed by atoms with E-state index in [9.17, 15) is 4.79 Å². The lowest BCUT2D eigenvalue weighted by molar-refractivity contribution is -0.131. The highest BCUT2D eigenvalue weighted by Crippen LogP contribution is 2.15. The molecular formula is C14H22N2O2. The molecule has 0 aliphatic heterocycles. The SMILES string of the molecule is Cc1cc(C)cc(OCCN(C)C(=O)[C@@H](C)N)c1. The number of likely N-dealkylation sites (N-methyl/N-ethyl adjacent to an activating group) is 1. The molecule has 0 aliphatic carbocycles. The number of rotatable bonds is 5. The molecule has 4 heteroatoms. The van der Waals surface area contributed by atoms with Gasteiger partial charge in [-0.25, -0.2) is 0 Å². The third kappa shape index (κ3) is 4.37. The number of aryl methyl sites for hydroxylation is 2. The summed E-state index contributed by atoms with van der Waals surface area (Å²) in [4.78, 5) is 13.1. The van der Waals surface area contributed by atoms with Crippen LogP contribution in [0.4, 0.5) is 0 Å². The van der Waals surface area contributed by atoms with E-state index in [-0.39, 0.29) is 5.91 Å². The Morgan fingerprint density at radius 1 is 1.33 bits per heavy atom. The van der Waals surface area contributed by atoms with Crippen molar-refractivity contribution < 1.29 is 9.53 Å². The van der Waals surface area contributed by atoms with E-state index in [0.717, 1.165) is 5.75 Å². The van der Waals surface area contributed by atoms with Crippen LogP contribution < -0.4 is 10.5 Å². The molecule has 1 aromatic carbocycles. The fourth-order valence-corrected chi connectivity index (χ4v) is 1.77. The van der Waals surface area contributed by atoms with Crippen molar-refractivity contribution >= 4 is 5.91 Å². The summed E-state index contributed by atoms with van der Waals surface area (Å²) in [6.45, 7) is 6.76. The molecule has 0 spiro atoms. The van der Waals surface area contributed by atoms with Gasteiger partial charge in [0.15, 0.2) is 0 Å². The van der Waals surface area contributed by atoms with Crippen molar-refractivity contribution in [1.29, 1.82) is 0 Å². The van der Waals surface area contributed by atoms with Crippen LogP contribution >= 0.6 is 0 Å². The quantitative estimate of drug-likeness (QED) is 0.861. The maximum atomic E-state index is 11.5. The Kier molecular flexibility index (Phi) is 5.16. The molecule has 1 rings (SSSR count). The van der Waals surface area contributed by atoms with E-state index in [0.29, 0.717) is 13.2 Å². The van der Waals surface area contributed by atoms with Gasteiger partial charge in [0.05, 0.1) is 12.6 Å². The molecule has 1 aromatic rings. The minimum atomic E-state index is -0.462. The van der Waals surface area contributed by atoms with Gasteiger partial charge in [0.25, 0.3) is 0 Å². The second kappa shape index (κ2) is 6.40. The molecule has 4 nitrogen and oxygen atoms in total. The van der Waals surface area contributed by atoms with E-state index in [4.69, 9.17) is 10.5 Å². The Morgan fingerprint density at radius 2 is 1.89 bits per heavy atom. The van der Waals surface area contributed by atoms with Crippen LogP contribution in [0.2, 0.25) is 0 Å². The molecule has 0 heterocycles. The lowest BCUT2D eigenvalue weighted by atomic mass is 10.1. The summed E-state index contributed by atoms with van der Waals surface area (Å²) in [6.07, 6.45) is 0. The first-order chi connectivity index (χ1) is 8.40. The molecule has 1 amide bonds. The molecule has 18 heavy (non-hydrogen) atoms. The molecule has 0 fully saturated rings. The summed E-state index contributed by atoms with van der Waals surface area (Å²) in [7, 11) is 1.73. The molecule has 0 saturated heterocycles. The van der Waals surface area contributed by atoms with Gasteiger partial charge in [-0.3, -0.25) is 4.79 Å². The zero-order chi connectivity index (χ0) is 13.7. The topological polar surface area (TPSA) is 55.6 Å². The van der Waals surface area contributed by atoms with E-state index in [2.05, 4.69) is 6.07 Å². The Bertz CT molecular complexity index is 396. The number of benzene rings is 1. The first kappa shape index (κ1) is 14.5. The second-order valence-electron chi connectivity index (χ2n) is 4.72. The summed E-state index contributed by atoms with van der Waals surface area (Å²) >= 11 is 0. The van der Waals surface area contributed by atoms with E-state index < -0.39 is 6.04 Å². The van der Waals surface area contributed by atoms with Crippen LogP contribution in [-0.2, 0) is 4.79 Å². The van der Waals surface area contributed by atoms with Crippen molar-refractivity contribution in [3.8, 4) is 5.75 Å². The van der Waals surface area contributed by atoms with Gasteiger partial charge in [0.2, 0.25) is 5.91 Å². The highest BCUT2D eigenvalue weighted by Gasteiger charge is 2.12. The summed E-state index contributed by atoms with van der Waals surface area (Å²) in [5, 5.41) is 0. The highest BCUT2D eigenvalue weighted by molar-refractivity contribution is 5.80. The molecule has 0 saturated carbocycles. The normalized spacial score (nSPS) is 12.1. The van der Waals surface area contributed by atoms with Crippen LogP contribution in [0.25, 0.3) is 0 Å². The predicted octanol–water partition coefficient (Wildman–Crippen LogP) is 1.49. The number of nitrogens with two attached hydrogens (primary N) is 1. The third-order valence-electron chi connectivity index (χ3n) is 2.66. The van der Waals surface area contributed by atoms with Gasteiger partial charge in [0.1, 0.15) is 12.4 Å². The van der Waals surface area contributed by atoms with E-state index in [1.54, 1.807) is 18.9 Å². The number of nitrogens with zero attached hydrogens (tertiary/aromatic N) is 1. The van der Waals surface area contributed by atoms with Crippen molar-refractivity contribution in [2.45, 2.75) is 26.8 Å². The average Bonchev–Trinajstić information content (AvgIpc) is 2.26. The van der Waals surface area contributed by atoms with Crippen LogP contribution in [0.5, 0.6) is 5.75 Å². The van der Waals surface area contributed by atoms with Gasteiger partial charge >= 0.3 is 0 Å². The van der Waals surface area contributed by atoms with Crippen LogP contribution in [0.3, 0.4) is 0 Å². The fraction of sp³-hybridized carbons (Fsp3) is 0.500. The van der Waals surface area contributed by atoms with Gasteiger partial charge in [-0.05, 0) is 44.0 Å². The monoisotopic (exact) mass is 250 g/mol. The van der Waals surface area contributed by atoms with E-state index >= 15 is 0 Å². The Labute approximate surface area is 109 Å². The van der Waals surface area contributed by atoms with Gasteiger partial charge in [-0.2, -0.15) is 0 Å². The summed E-state index contributed by atoms with van der Waals surface area (Å²) < 4.78 is 5.63. The number of hydrogen-bond acceptors (Lipinski definition) is 3. The Balaban J connectivity index is 2.44. The van der Waals surface area contributed by atoms with Crippen molar-refractivity contribution in [3.63, 3.8) is 0 Å². The summed E-state index contributed by atoms with van der Waals surface area (Å²) in [5.41, 5.74) is 7.87. The Hall–Kier alpha value is -1.55. The number of carbonyl (C=O) groups excluding carboxylic acids is 1. The van der Waals surface area contributed by atoms with E-state index in [1.807, 2.05) is 26.0 Å². The van der Waals surface area contributed by atoms with Crippen LogP contribution in [0.1, 0.15) is 18.1 Å².